The molecule has 0 radical (unpaired) electrons. The summed E-state index contributed by atoms with van der Waals surface area (Å²) in [5.41, 5.74) is 1.64. The first-order valence-corrected chi connectivity index (χ1v) is 9.08. The van der Waals surface area contributed by atoms with Crippen LogP contribution in [0.1, 0.15) is 33.7 Å². The second-order valence-electron chi connectivity index (χ2n) is 6.91. The van der Waals surface area contributed by atoms with Crippen LogP contribution in [0.3, 0.4) is 0 Å². The number of pyridine rings is 1. The van der Waals surface area contributed by atoms with E-state index >= 15 is 0 Å². The maximum Gasteiger partial charge on any atom is 0.226 e. The van der Waals surface area contributed by atoms with Gasteiger partial charge in [0.2, 0.25) is 5.28 Å². The van der Waals surface area contributed by atoms with Crippen molar-refractivity contribution in [2.24, 2.45) is 0 Å². The molecule has 11 heteroatoms. The molecule has 1 N–H and O–H groups in total. The SMILES string of the molecule is CC(C)n1cnc2c(NC(C)(C)n3nnc4c(Cl)ccnc43)nc(Cl)nc21. The second kappa shape index (κ2) is 6.28. The number of fused-ring (bicyclic) bond motifs is 2. The van der Waals surface area contributed by atoms with E-state index in [0.717, 1.165) is 0 Å². The van der Waals surface area contributed by atoms with Crippen molar-refractivity contribution in [3.63, 3.8) is 0 Å². The van der Waals surface area contributed by atoms with Crippen LogP contribution in [-0.2, 0) is 5.66 Å². The molecule has 0 atom stereocenters. The van der Waals surface area contributed by atoms with Crippen LogP contribution in [0.2, 0.25) is 10.3 Å². The summed E-state index contributed by atoms with van der Waals surface area (Å²) in [5, 5.41) is 12.3. The number of halogens is 2. The monoisotopic (exact) mass is 405 g/mol. The summed E-state index contributed by atoms with van der Waals surface area (Å²) in [4.78, 5) is 17.5. The number of nitrogens with zero attached hydrogens (tertiary/aromatic N) is 8. The molecule has 0 aromatic carbocycles. The molecule has 0 bridgehead atoms. The van der Waals surface area contributed by atoms with E-state index in [1.165, 1.54) is 0 Å². The second-order valence-corrected chi connectivity index (χ2v) is 7.65. The normalized spacial score (nSPS) is 12.4. The molecule has 4 rings (SSSR count). The lowest BCUT2D eigenvalue weighted by molar-refractivity contribution is 0.369. The Hall–Kier alpha value is -2.52. The standard InChI is InChI=1S/C16H17Cl2N9/c1-8(2)26-7-20-11-12(21-15(18)22-14(11)26)23-16(3,4)27-13-10(24-25-27)9(17)5-6-19-13/h5-8H,1-4H3,(H,21,22,23). The average Bonchev–Trinajstić information content (AvgIpc) is 3.19. The van der Waals surface area contributed by atoms with Crippen LogP contribution in [0, 0.1) is 0 Å². The van der Waals surface area contributed by atoms with Crippen LogP contribution in [0.25, 0.3) is 22.3 Å². The van der Waals surface area contributed by atoms with Crippen molar-refractivity contribution >= 4 is 51.3 Å². The van der Waals surface area contributed by atoms with Gasteiger partial charge in [-0.05, 0) is 45.4 Å². The Labute approximate surface area is 164 Å². The van der Waals surface area contributed by atoms with Crippen molar-refractivity contribution < 1.29 is 0 Å². The third kappa shape index (κ3) is 2.96. The number of aromatic nitrogens is 8. The van der Waals surface area contributed by atoms with Gasteiger partial charge in [-0.15, -0.1) is 5.10 Å². The van der Waals surface area contributed by atoms with Gasteiger partial charge >= 0.3 is 0 Å². The quantitative estimate of drug-likeness (QED) is 0.517. The van der Waals surface area contributed by atoms with Crippen LogP contribution in [0.15, 0.2) is 18.6 Å². The molecule has 0 saturated heterocycles. The minimum Gasteiger partial charge on any atom is -0.344 e. The summed E-state index contributed by atoms with van der Waals surface area (Å²) in [5.74, 6) is 0.500. The Morgan fingerprint density at radius 1 is 1.07 bits per heavy atom. The van der Waals surface area contributed by atoms with E-state index in [2.05, 4.69) is 35.6 Å². The minimum absolute atomic E-state index is 0.132. The zero-order valence-corrected chi connectivity index (χ0v) is 16.7. The van der Waals surface area contributed by atoms with Crippen LogP contribution in [-0.4, -0.2) is 39.5 Å². The molecule has 140 valence electrons. The lowest BCUT2D eigenvalue weighted by Gasteiger charge is -2.27. The molecule has 0 aliphatic heterocycles. The van der Waals surface area contributed by atoms with Crippen LogP contribution in [0.4, 0.5) is 5.82 Å². The van der Waals surface area contributed by atoms with E-state index in [-0.39, 0.29) is 11.3 Å². The number of nitrogens with one attached hydrogen (secondary N) is 1. The molecule has 4 aromatic heterocycles. The fourth-order valence-corrected chi connectivity index (χ4v) is 3.22. The van der Waals surface area contributed by atoms with Gasteiger partial charge in [-0.2, -0.15) is 9.97 Å². The third-order valence-corrected chi connectivity index (χ3v) is 4.67. The predicted molar refractivity (Wildman–Crippen MR) is 104 cm³/mol. The predicted octanol–water partition coefficient (Wildman–Crippen LogP) is 3.66. The smallest absolute Gasteiger partial charge is 0.226 e. The number of hydrogen-bond donors (Lipinski definition) is 1. The molecule has 0 unspecified atom stereocenters. The molecule has 27 heavy (non-hydrogen) atoms. The highest BCUT2D eigenvalue weighted by atomic mass is 35.5. The van der Waals surface area contributed by atoms with Crippen molar-refractivity contribution in [1.29, 1.82) is 0 Å². The Morgan fingerprint density at radius 3 is 2.59 bits per heavy atom. The van der Waals surface area contributed by atoms with Crippen molar-refractivity contribution in [3.8, 4) is 0 Å². The van der Waals surface area contributed by atoms with E-state index in [9.17, 15) is 0 Å². The van der Waals surface area contributed by atoms with Gasteiger partial charge in [0.05, 0.1) is 11.3 Å². The first kappa shape index (κ1) is 17.9. The Morgan fingerprint density at radius 2 is 1.85 bits per heavy atom. The molecule has 0 amide bonds. The van der Waals surface area contributed by atoms with E-state index < -0.39 is 5.66 Å². The molecule has 0 fully saturated rings. The molecule has 0 spiro atoms. The summed E-state index contributed by atoms with van der Waals surface area (Å²) in [6, 6.07) is 1.86. The van der Waals surface area contributed by atoms with Crippen molar-refractivity contribution in [2.75, 3.05) is 5.32 Å². The number of rotatable bonds is 4. The fourth-order valence-electron chi connectivity index (χ4n) is 2.87. The van der Waals surface area contributed by atoms with Gasteiger partial charge in [-0.25, -0.2) is 14.6 Å². The fraction of sp³-hybridized carbons (Fsp3) is 0.375. The van der Waals surface area contributed by atoms with Gasteiger partial charge in [0.1, 0.15) is 5.66 Å². The van der Waals surface area contributed by atoms with Gasteiger partial charge in [0.25, 0.3) is 0 Å². The summed E-state index contributed by atoms with van der Waals surface area (Å²) in [7, 11) is 0. The topological polar surface area (TPSA) is 99.2 Å². The Bertz CT molecular complexity index is 1150. The van der Waals surface area contributed by atoms with Crippen LogP contribution >= 0.6 is 23.2 Å². The average molecular weight is 406 g/mol. The maximum absolute atomic E-state index is 6.18. The third-order valence-electron chi connectivity index (χ3n) is 4.19. The highest BCUT2D eigenvalue weighted by molar-refractivity contribution is 6.34. The summed E-state index contributed by atoms with van der Waals surface area (Å²) in [6.45, 7) is 7.94. The van der Waals surface area contributed by atoms with Gasteiger partial charge in [-0.1, -0.05) is 16.8 Å². The summed E-state index contributed by atoms with van der Waals surface area (Å²) < 4.78 is 3.59. The molecule has 4 aromatic rings. The summed E-state index contributed by atoms with van der Waals surface area (Å²) in [6.07, 6.45) is 3.34. The highest BCUT2D eigenvalue weighted by Crippen LogP contribution is 2.29. The lowest BCUT2D eigenvalue weighted by atomic mass is 10.2. The number of imidazole rings is 1. The molecular weight excluding hydrogens is 389 g/mol. The molecule has 9 nitrogen and oxygen atoms in total. The minimum atomic E-state index is -0.737. The van der Waals surface area contributed by atoms with Gasteiger partial charge in [-0.3, -0.25) is 0 Å². The van der Waals surface area contributed by atoms with E-state index in [1.807, 2.05) is 32.3 Å². The zero-order valence-electron chi connectivity index (χ0n) is 15.1. The van der Waals surface area contributed by atoms with Crippen LogP contribution < -0.4 is 5.32 Å². The van der Waals surface area contributed by atoms with Crippen molar-refractivity contribution in [1.82, 2.24) is 39.5 Å². The van der Waals surface area contributed by atoms with Gasteiger partial charge < -0.3 is 9.88 Å². The number of anilines is 1. The summed E-state index contributed by atoms with van der Waals surface area (Å²) >= 11 is 12.3. The maximum atomic E-state index is 6.18. The van der Waals surface area contributed by atoms with E-state index in [1.54, 1.807) is 23.3 Å². The Balaban J connectivity index is 1.82. The molecule has 0 aliphatic carbocycles. The number of hydrogen-bond acceptors (Lipinski definition) is 7. The van der Waals surface area contributed by atoms with Gasteiger partial charge in [0, 0.05) is 12.2 Å². The molecular formula is C16H17Cl2N9. The largest absolute Gasteiger partial charge is 0.344 e. The Kier molecular flexibility index (Phi) is 4.15. The van der Waals surface area contributed by atoms with Crippen LogP contribution in [0.5, 0.6) is 0 Å². The zero-order chi connectivity index (χ0) is 19.3. The van der Waals surface area contributed by atoms with E-state index in [4.69, 9.17) is 23.2 Å². The molecule has 0 saturated carbocycles. The molecule has 4 heterocycles. The van der Waals surface area contributed by atoms with E-state index in [0.29, 0.717) is 33.2 Å². The van der Waals surface area contributed by atoms with Crippen molar-refractivity contribution in [2.45, 2.75) is 39.4 Å². The lowest BCUT2D eigenvalue weighted by Crippen LogP contribution is -2.37. The highest BCUT2D eigenvalue weighted by Gasteiger charge is 2.27. The van der Waals surface area contributed by atoms with Crippen molar-refractivity contribution in [3.05, 3.63) is 28.9 Å². The first-order chi connectivity index (χ1) is 12.8. The van der Waals surface area contributed by atoms with Gasteiger partial charge in [0.15, 0.2) is 28.1 Å². The molecule has 0 aliphatic rings. The first-order valence-electron chi connectivity index (χ1n) is 8.32.